The molecule has 1 heterocycles. The van der Waals surface area contributed by atoms with Gasteiger partial charge in [0.1, 0.15) is 17.3 Å². The molecule has 0 saturated heterocycles. The van der Waals surface area contributed by atoms with E-state index in [9.17, 15) is 0 Å². The van der Waals surface area contributed by atoms with Crippen LogP contribution in [0.4, 0.5) is 11.5 Å². The van der Waals surface area contributed by atoms with Crippen molar-refractivity contribution < 1.29 is 0 Å². The van der Waals surface area contributed by atoms with Gasteiger partial charge >= 0.3 is 0 Å². The molecule has 0 bridgehead atoms. The van der Waals surface area contributed by atoms with Crippen LogP contribution in [0.2, 0.25) is 5.15 Å². The molecule has 112 valence electrons. The third-order valence-electron chi connectivity index (χ3n) is 3.43. The molecule has 3 nitrogen and oxygen atoms in total. The molecule has 2 rings (SSSR count). The number of anilines is 2. The molecule has 0 saturated carbocycles. The number of aromatic nitrogens is 2. The van der Waals surface area contributed by atoms with Gasteiger partial charge in [-0.15, -0.1) is 0 Å². The molecule has 1 aromatic carbocycles. The van der Waals surface area contributed by atoms with E-state index in [1.165, 1.54) is 0 Å². The van der Waals surface area contributed by atoms with Crippen molar-refractivity contribution in [2.24, 2.45) is 0 Å². The van der Waals surface area contributed by atoms with Gasteiger partial charge in [0.05, 0.1) is 0 Å². The van der Waals surface area contributed by atoms with Gasteiger partial charge in [-0.2, -0.15) is 0 Å². The van der Waals surface area contributed by atoms with Crippen LogP contribution in [0.3, 0.4) is 0 Å². The fourth-order valence-electron chi connectivity index (χ4n) is 2.36. The Hall–Kier alpha value is -1.61. The molecule has 0 aliphatic rings. The number of halogens is 1. The van der Waals surface area contributed by atoms with E-state index in [1.807, 2.05) is 6.07 Å². The van der Waals surface area contributed by atoms with Crippen LogP contribution in [0, 0.1) is 0 Å². The van der Waals surface area contributed by atoms with E-state index in [0.29, 0.717) is 5.15 Å². The lowest BCUT2D eigenvalue weighted by molar-refractivity contribution is 0.770. The third-order valence-corrected chi connectivity index (χ3v) is 3.75. The summed E-state index contributed by atoms with van der Waals surface area (Å²) < 4.78 is 0. The van der Waals surface area contributed by atoms with Crippen LogP contribution in [-0.2, 0) is 6.42 Å². The summed E-state index contributed by atoms with van der Waals surface area (Å²) >= 11 is 6.30. The standard InChI is InChI=1S/C17H22ClN3/c1-3-5-12-21(14-10-7-6-8-11-14)17-15(9-4-2)16(18)19-13-20-17/h6-8,10-11,13H,3-5,9,12H2,1-2H3. The van der Waals surface area contributed by atoms with E-state index >= 15 is 0 Å². The van der Waals surface area contributed by atoms with Crippen molar-refractivity contribution >= 4 is 23.1 Å². The molecular weight excluding hydrogens is 282 g/mol. The van der Waals surface area contributed by atoms with Crippen molar-refractivity contribution in [3.8, 4) is 0 Å². The molecule has 0 aliphatic heterocycles. The van der Waals surface area contributed by atoms with Gasteiger partial charge in [0, 0.05) is 17.8 Å². The zero-order valence-corrected chi connectivity index (χ0v) is 13.5. The summed E-state index contributed by atoms with van der Waals surface area (Å²) in [5, 5.41) is 0.569. The minimum absolute atomic E-state index is 0.569. The Morgan fingerprint density at radius 1 is 1.05 bits per heavy atom. The number of unbranched alkanes of at least 4 members (excludes halogenated alkanes) is 1. The first kappa shape index (κ1) is 15.8. The number of hydrogen-bond donors (Lipinski definition) is 0. The van der Waals surface area contributed by atoms with Gasteiger partial charge in [-0.1, -0.05) is 56.5 Å². The molecule has 21 heavy (non-hydrogen) atoms. The van der Waals surface area contributed by atoms with E-state index in [0.717, 1.165) is 49.3 Å². The van der Waals surface area contributed by atoms with Crippen molar-refractivity contribution in [1.29, 1.82) is 0 Å². The van der Waals surface area contributed by atoms with Gasteiger partial charge in [0.25, 0.3) is 0 Å². The van der Waals surface area contributed by atoms with Crippen LogP contribution in [0.25, 0.3) is 0 Å². The molecule has 0 aliphatic carbocycles. The normalized spacial score (nSPS) is 10.6. The van der Waals surface area contributed by atoms with E-state index in [1.54, 1.807) is 6.33 Å². The maximum Gasteiger partial charge on any atom is 0.141 e. The predicted molar refractivity (Wildman–Crippen MR) is 89.4 cm³/mol. The maximum absolute atomic E-state index is 6.30. The molecule has 2 aromatic rings. The number of rotatable bonds is 7. The largest absolute Gasteiger partial charge is 0.326 e. The Morgan fingerprint density at radius 3 is 2.48 bits per heavy atom. The summed E-state index contributed by atoms with van der Waals surface area (Å²) in [5.41, 5.74) is 2.19. The molecule has 0 spiro atoms. The van der Waals surface area contributed by atoms with Gasteiger partial charge in [-0.05, 0) is 25.0 Å². The average molecular weight is 304 g/mol. The van der Waals surface area contributed by atoms with Crippen molar-refractivity contribution in [2.45, 2.75) is 39.5 Å². The molecule has 0 N–H and O–H groups in total. The smallest absolute Gasteiger partial charge is 0.141 e. The van der Waals surface area contributed by atoms with E-state index in [-0.39, 0.29) is 0 Å². The lowest BCUT2D eigenvalue weighted by atomic mass is 10.1. The fraction of sp³-hybridized carbons (Fsp3) is 0.412. The minimum Gasteiger partial charge on any atom is -0.326 e. The summed E-state index contributed by atoms with van der Waals surface area (Å²) in [5.74, 6) is 0.941. The summed E-state index contributed by atoms with van der Waals surface area (Å²) in [6, 6.07) is 10.4. The summed E-state index contributed by atoms with van der Waals surface area (Å²) in [6.07, 6.45) is 5.73. The van der Waals surface area contributed by atoms with Crippen molar-refractivity contribution in [2.75, 3.05) is 11.4 Å². The molecular formula is C17H22ClN3. The summed E-state index contributed by atoms with van der Waals surface area (Å²) in [4.78, 5) is 10.9. The Labute approximate surface area is 132 Å². The summed E-state index contributed by atoms with van der Waals surface area (Å²) in [6.45, 7) is 5.28. The van der Waals surface area contributed by atoms with Gasteiger partial charge < -0.3 is 4.90 Å². The monoisotopic (exact) mass is 303 g/mol. The second kappa shape index (κ2) is 7.99. The highest BCUT2D eigenvalue weighted by atomic mass is 35.5. The zero-order chi connectivity index (χ0) is 15.1. The summed E-state index contributed by atoms with van der Waals surface area (Å²) in [7, 11) is 0. The van der Waals surface area contributed by atoms with Crippen LogP contribution in [0.5, 0.6) is 0 Å². The first-order chi connectivity index (χ1) is 10.3. The Morgan fingerprint density at radius 2 is 1.81 bits per heavy atom. The van der Waals surface area contributed by atoms with Crippen LogP contribution in [0.15, 0.2) is 36.7 Å². The second-order valence-electron chi connectivity index (χ2n) is 5.06. The molecule has 0 unspecified atom stereocenters. The highest BCUT2D eigenvalue weighted by Gasteiger charge is 2.17. The first-order valence-corrected chi connectivity index (χ1v) is 7.97. The second-order valence-corrected chi connectivity index (χ2v) is 5.42. The van der Waals surface area contributed by atoms with E-state index in [2.05, 4.69) is 53.0 Å². The maximum atomic E-state index is 6.30. The van der Waals surface area contributed by atoms with Crippen LogP contribution in [0.1, 0.15) is 38.7 Å². The molecule has 0 radical (unpaired) electrons. The molecule has 4 heteroatoms. The lowest BCUT2D eigenvalue weighted by Crippen LogP contribution is -2.21. The fourth-order valence-corrected chi connectivity index (χ4v) is 2.58. The zero-order valence-electron chi connectivity index (χ0n) is 12.7. The van der Waals surface area contributed by atoms with E-state index < -0.39 is 0 Å². The van der Waals surface area contributed by atoms with Crippen molar-refractivity contribution in [3.05, 3.63) is 47.4 Å². The first-order valence-electron chi connectivity index (χ1n) is 7.59. The SMILES string of the molecule is CCCCN(c1ccccc1)c1ncnc(Cl)c1CCC. The quantitative estimate of drug-likeness (QED) is 0.672. The van der Waals surface area contributed by atoms with Crippen LogP contribution in [-0.4, -0.2) is 16.5 Å². The highest BCUT2D eigenvalue weighted by molar-refractivity contribution is 6.30. The van der Waals surface area contributed by atoms with Gasteiger partial charge in [-0.25, -0.2) is 9.97 Å². The molecule has 0 fully saturated rings. The number of nitrogens with zero attached hydrogens (tertiary/aromatic N) is 3. The predicted octanol–water partition coefficient (Wildman–Crippen LogP) is 5.02. The average Bonchev–Trinajstić information content (AvgIpc) is 2.52. The third kappa shape index (κ3) is 3.94. The number of para-hydroxylation sites is 1. The van der Waals surface area contributed by atoms with Crippen LogP contribution < -0.4 is 4.90 Å². The topological polar surface area (TPSA) is 29.0 Å². The Balaban J connectivity index is 2.43. The van der Waals surface area contributed by atoms with Gasteiger partial charge in [-0.3, -0.25) is 0 Å². The molecule has 0 amide bonds. The molecule has 0 atom stereocenters. The Kier molecular flexibility index (Phi) is 6.00. The lowest BCUT2D eigenvalue weighted by Gasteiger charge is -2.26. The van der Waals surface area contributed by atoms with Crippen molar-refractivity contribution in [3.63, 3.8) is 0 Å². The minimum atomic E-state index is 0.569. The number of hydrogen-bond acceptors (Lipinski definition) is 3. The van der Waals surface area contributed by atoms with Crippen molar-refractivity contribution in [1.82, 2.24) is 9.97 Å². The highest BCUT2D eigenvalue weighted by Crippen LogP contribution is 2.30. The van der Waals surface area contributed by atoms with Crippen LogP contribution >= 0.6 is 11.6 Å². The number of benzene rings is 1. The molecule has 1 aromatic heterocycles. The Bertz CT molecular complexity index is 557. The van der Waals surface area contributed by atoms with E-state index in [4.69, 9.17) is 11.6 Å². The van der Waals surface area contributed by atoms with Gasteiger partial charge in [0.2, 0.25) is 0 Å². The van der Waals surface area contributed by atoms with Gasteiger partial charge in [0.15, 0.2) is 0 Å².